The predicted octanol–water partition coefficient (Wildman–Crippen LogP) is 2.57. The van der Waals surface area contributed by atoms with Crippen LogP contribution in [-0.2, 0) is 7.05 Å². The monoisotopic (exact) mass is 206 g/mol. The molecule has 0 atom stereocenters. The molecule has 0 saturated heterocycles. The van der Waals surface area contributed by atoms with Crippen molar-refractivity contribution in [2.24, 2.45) is 13.0 Å². The number of ketones is 1. The molecule has 1 saturated carbocycles. The van der Waals surface area contributed by atoms with Crippen molar-refractivity contribution in [1.29, 1.82) is 0 Å². The fraction of sp³-hybridized carbons (Fsp3) is 0.667. The minimum absolute atomic E-state index is 0.252. The molecule has 0 aromatic carbocycles. The molecule has 3 heteroatoms. The smallest absolute Gasteiger partial charge is 0.181 e. The van der Waals surface area contributed by atoms with E-state index in [2.05, 4.69) is 4.98 Å². The molecule has 0 bridgehead atoms. The highest BCUT2D eigenvalue weighted by molar-refractivity contribution is 5.94. The van der Waals surface area contributed by atoms with Crippen molar-refractivity contribution in [3.8, 4) is 0 Å². The number of imidazole rings is 1. The van der Waals surface area contributed by atoms with Crippen LogP contribution in [0.25, 0.3) is 0 Å². The summed E-state index contributed by atoms with van der Waals surface area (Å²) in [7, 11) is 1.88. The van der Waals surface area contributed by atoms with Crippen molar-refractivity contribution in [2.45, 2.75) is 38.5 Å². The standard InChI is InChI=1S/C12H18N2O/c1-14-9-13-8-11(14)12(15)7-10-5-3-2-4-6-10/h8-10H,2-7H2,1H3. The van der Waals surface area contributed by atoms with Crippen molar-refractivity contribution in [3.63, 3.8) is 0 Å². The molecule has 1 aliphatic rings. The molecule has 0 spiro atoms. The molecule has 0 radical (unpaired) electrons. The van der Waals surface area contributed by atoms with Gasteiger partial charge >= 0.3 is 0 Å². The van der Waals surface area contributed by atoms with Gasteiger partial charge in [-0.3, -0.25) is 4.79 Å². The zero-order valence-corrected chi connectivity index (χ0v) is 9.28. The third kappa shape index (κ3) is 2.46. The van der Waals surface area contributed by atoms with Gasteiger partial charge in [-0.05, 0) is 5.92 Å². The van der Waals surface area contributed by atoms with Gasteiger partial charge in [0.1, 0.15) is 5.69 Å². The second-order valence-electron chi connectivity index (χ2n) is 4.52. The van der Waals surface area contributed by atoms with E-state index < -0.39 is 0 Å². The van der Waals surface area contributed by atoms with Gasteiger partial charge in [0.2, 0.25) is 0 Å². The molecule has 0 amide bonds. The summed E-state index contributed by atoms with van der Waals surface area (Å²) < 4.78 is 1.81. The summed E-state index contributed by atoms with van der Waals surface area (Å²) in [6.07, 6.45) is 10.5. The van der Waals surface area contributed by atoms with E-state index in [4.69, 9.17) is 0 Å². The number of nitrogens with zero attached hydrogens (tertiary/aromatic N) is 2. The Morgan fingerprint density at radius 1 is 1.47 bits per heavy atom. The van der Waals surface area contributed by atoms with Crippen molar-refractivity contribution in [2.75, 3.05) is 0 Å². The van der Waals surface area contributed by atoms with Crippen LogP contribution in [-0.4, -0.2) is 15.3 Å². The number of aromatic nitrogens is 2. The fourth-order valence-electron chi connectivity index (χ4n) is 2.38. The van der Waals surface area contributed by atoms with Crippen molar-refractivity contribution in [1.82, 2.24) is 9.55 Å². The van der Waals surface area contributed by atoms with Crippen LogP contribution in [0.5, 0.6) is 0 Å². The highest BCUT2D eigenvalue weighted by atomic mass is 16.1. The lowest BCUT2D eigenvalue weighted by molar-refractivity contribution is 0.0942. The average Bonchev–Trinajstić information content (AvgIpc) is 2.66. The zero-order chi connectivity index (χ0) is 10.7. The van der Waals surface area contributed by atoms with Crippen molar-refractivity contribution in [3.05, 3.63) is 18.2 Å². The molecule has 0 unspecified atom stereocenters. The van der Waals surface area contributed by atoms with E-state index in [0.29, 0.717) is 12.3 Å². The van der Waals surface area contributed by atoms with E-state index >= 15 is 0 Å². The van der Waals surface area contributed by atoms with E-state index in [9.17, 15) is 4.79 Å². The van der Waals surface area contributed by atoms with E-state index in [0.717, 1.165) is 5.69 Å². The maximum atomic E-state index is 11.9. The Morgan fingerprint density at radius 3 is 2.80 bits per heavy atom. The predicted molar refractivity (Wildman–Crippen MR) is 58.7 cm³/mol. The Bertz CT molecular complexity index is 337. The molecule has 82 valence electrons. The SMILES string of the molecule is Cn1cncc1C(=O)CC1CCCCC1. The molecule has 1 aliphatic carbocycles. The topological polar surface area (TPSA) is 34.9 Å². The molecule has 1 aromatic rings. The van der Waals surface area contributed by atoms with Crippen molar-refractivity contribution < 1.29 is 4.79 Å². The Labute approximate surface area is 90.5 Å². The molecular weight excluding hydrogens is 188 g/mol. The van der Waals surface area contributed by atoms with E-state index in [1.807, 2.05) is 11.6 Å². The number of Topliss-reactive ketones (excluding diaryl/α,β-unsaturated/α-hetero) is 1. The zero-order valence-electron chi connectivity index (χ0n) is 9.28. The van der Waals surface area contributed by atoms with E-state index in [1.54, 1.807) is 12.5 Å². The van der Waals surface area contributed by atoms with Gasteiger partial charge in [0.05, 0.1) is 12.5 Å². The molecule has 15 heavy (non-hydrogen) atoms. The summed E-state index contributed by atoms with van der Waals surface area (Å²) >= 11 is 0. The van der Waals surface area contributed by atoms with Gasteiger partial charge in [-0.15, -0.1) is 0 Å². The first-order chi connectivity index (χ1) is 7.27. The van der Waals surface area contributed by atoms with Crippen LogP contribution in [0.2, 0.25) is 0 Å². The summed E-state index contributed by atoms with van der Waals surface area (Å²) in [5, 5.41) is 0. The first-order valence-electron chi connectivity index (χ1n) is 5.77. The van der Waals surface area contributed by atoms with Gasteiger partial charge < -0.3 is 4.57 Å². The summed E-state index contributed by atoms with van der Waals surface area (Å²) in [6.45, 7) is 0. The third-order valence-corrected chi connectivity index (χ3v) is 3.30. The van der Waals surface area contributed by atoms with Gasteiger partial charge in [-0.2, -0.15) is 0 Å². The highest BCUT2D eigenvalue weighted by Crippen LogP contribution is 2.27. The van der Waals surface area contributed by atoms with Crippen molar-refractivity contribution >= 4 is 5.78 Å². The highest BCUT2D eigenvalue weighted by Gasteiger charge is 2.19. The Morgan fingerprint density at radius 2 is 2.20 bits per heavy atom. The van der Waals surface area contributed by atoms with Gasteiger partial charge in [-0.25, -0.2) is 4.98 Å². The molecule has 0 aliphatic heterocycles. The normalized spacial score (nSPS) is 17.9. The average molecular weight is 206 g/mol. The second kappa shape index (κ2) is 4.60. The van der Waals surface area contributed by atoms with Crippen LogP contribution >= 0.6 is 0 Å². The lowest BCUT2D eigenvalue weighted by Crippen LogP contribution is -2.14. The van der Waals surface area contributed by atoms with Crippen LogP contribution in [0.1, 0.15) is 49.0 Å². The summed E-state index contributed by atoms with van der Waals surface area (Å²) in [4.78, 5) is 15.9. The van der Waals surface area contributed by atoms with Gasteiger partial charge in [0.15, 0.2) is 5.78 Å². The summed E-state index contributed by atoms with van der Waals surface area (Å²) in [5.74, 6) is 0.864. The molecule has 0 N–H and O–H groups in total. The largest absolute Gasteiger partial charge is 0.331 e. The summed E-state index contributed by atoms with van der Waals surface area (Å²) in [6, 6.07) is 0. The second-order valence-corrected chi connectivity index (χ2v) is 4.52. The van der Waals surface area contributed by atoms with Gasteiger partial charge in [0.25, 0.3) is 0 Å². The molecule has 3 nitrogen and oxygen atoms in total. The minimum Gasteiger partial charge on any atom is -0.331 e. The van der Waals surface area contributed by atoms with Crippen LogP contribution in [0, 0.1) is 5.92 Å². The van der Waals surface area contributed by atoms with E-state index in [1.165, 1.54) is 32.1 Å². The van der Waals surface area contributed by atoms with Crippen LogP contribution in [0.15, 0.2) is 12.5 Å². The number of carbonyl (C=O) groups excluding carboxylic acids is 1. The Kier molecular flexibility index (Phi) is 3.19. The molecule has 2 rings (SSSR count). The Hall–Kier alpha value is -1.12. The number of hydrogen-bond acceptors (Lipinski definition) is 2. The lowest BCUT2D eigenvalue weighted by atomic mass is 9.85. The molecule has 1 fully saturated rings. The third-order valence-electron chi connectivity index (χ3n) is 3.30. The first-order valence-corrected chi connectivity index (χ1v) is 5.77. The first kappa shape index (κ1) is 10.4. The van der Waals surface area contributed by atoms with Crippen LogP contribution in [0.3, 0.4) is 0 Å². The molecule has 1 aromatic heterocycles. The van der Waals surface area contributed by atoms with Crippen LogP contribution in [0.4, 0.5) is 0 Å². The number of aryl methyl sites for hydroxylation is 1. The quantitative estimate of drug-likeness (QED) is 0.712. The summed E-state index contributed by atoms with van der Waals surface area (Å²) in [5.41, 5.74) is 0.751. The Balaban J connectivity index is 1.94. The maximum Gasteiger partial charge on any atom is 0.181 e. The molecule has 1 heterocycles. The number of hydrogen-bond donors (Lipinski definition) is 0. The van der Waals surface area contributed by atoms with Gasteiger partial charge in [0, 0.05) is 13.5 Å². The minimum atomic E-state index is 0.252. The van der Waals surface area contributed by atoms with E-state index in [-0.39, 0.29) is 5.78 Å². The van der Waals surface area contributed by atoms with Gasteiger partial charge in [-0.1, -0.05) is 32.1 Å². The number of rotatable bonds is 3. The van der Waals surface area contributed by atoms with Crippen LogP contribution < -0.4 is 0 Å². The number of carbonyl (C=O) groups is 1. The maximum absolute atomic E-state index is 11.9. The molecular formula is C12H18N2O. The lowest BCUT2D eigenvalue weighted by Gasteiger charge is -2.20. The fourth-order valence-corrected chi connectivity index (χ4v) is 2.38.